The van der Waals surface area contributed by atoms with Crippen LogP contribution in [0.15, 0.2) is 28.4 Å². The van der Waals surface area contributed by atoms with Crippen molar-refractivity contribution in [1.82, 2.24) is 0 Å². The van der Waals surface area contributed by atoms with Crippen LogP contribution in [0.25, 0.3) is 6.08 Å². The number of ether oxygens (including phenoxy) is 1. The second kappa shape index (κ2) is 8.94. The Labute approximate surface area is 147 Å². The molecular formula is C20H30O3Si. The van der Waals surface area contributed by atoms with Gasteiger partial charge in [-0.3, -0.25) is 0 Å². The van der Waals surface area contributed by atoms with E-state index in [4.69, 9.17) is 9.15 Å². The average Bonchev–Trinajstić information content (AvgIpc) is 2.98. The third-order valence-electron chi connectivity index (χ3n) is 4.60. The summed E-state index contributed by atoms with van der Waals surface area (Å²) in [6, 6.07) is 3.59. The topological polar surface area (TPSA) is 39.4 Å². The minimum atomic E-state index is -1.90. The molecule has 0 saturated heterocycles. The first-order valence-corrected chi connectivity index (χ1v) is 10.9. The Balaban J connectivity index is 3.36. The van der Waals surface area contributed by atoms with E-state index in [-0.39, 0.29) is 5.97 Å². The van der Waals surface area contributed by atoms with Gasteiger partial charge >= 0.3 is 5.97 Å². The van der Waals surface area contributed by atoms with Crippen LogP contribution in [0.3, 0.4) is 0 Å². The lowest BCUT2D eigenvalue weighted by atomic mass is 10.2. The summed E-state index contributed by atoms with van der Waals surface area (Å²) in [6.45, 7) is 15.6. The molecule has 0 spiro atoms. The van der Waals surface area contributed by atoms with Crippen LogP contribution in [0.2, 0.25) is 16.6 Å². The maximum atomic E-state index is 12.3. The monoisotopic (exact) mass is 346 g/mol. The van der Waals surface area contributed by atoms with Gasteiger partial charge in [0.25, 0.3) is 0 Å². The predicted octanol–water partition coefficient (Wildman–Crippen LogP) is 5.45. The van der Waals surface area contributed by atoms with E-state index in [9.17, 15) is 4.79 Å². The predicted molar refractivity (Wildman–Crippen MR) is 102 cm³/mol. The van der Waals surface area contributed by atoms with Gasteiger partial charge in [-0.1, -0.05) is 47.5 Å². The van der Waals surface area contributed by atoms with Gasteiger partial charge in [-0.2, -0.15) is 0 Å². The van der Waals surface area contributed by atoms with Crippen LogP contribution in [0, 0.1) is 11.5 Å². The van der Waals surface area contributed by atoms with E-state index in [0.717, 1.165) is 0 Å². The van der Waals surface area contributed by atoms with Gasteiger partial charge in [0, 0.05) is 6.08 Å². The fraction of sp³-hybridized carbons (Fsp3) is 0.550. The van der Waals surface area contributed by atoms with Gasteiger partial charge < -0.3 is 9.15 Å². The highest BCUT2D eigenvalue weighted by Crippen LogP contribution is 2.40. The molecule has 0 atom stereocenters. The minimum absolute atomic E-state index is 0.330. The summed E-state index contributed by atoms with van der Waals surface area (Å²) in [5.74, 6) is 3.39. The van der Waals surface area contributed by atoms with Crippen LogP contribution in [0.4, 0.5) is 0 Å². The zero-order valence-electron chi connectivity index (χ0n) is 16.0. The average molecular weight is 347 g/mol. The number of esters is 1. The van der Waals surface area contributed by atoms with Gasteiger partial charge in [0.05, 0.1) is 12.9 Å². The number of carbonyl (C=O) groups excluding carboxylic acids is 1. The number of hydrogen-bond acceptors (Lipinski definition) is 3. The molecule has 0 unspecified atom stereocenters. The van der Waals surface area contributed by atoms with E-state index in [0.29, 0.717) is 34.6 Å². The molecule has 0 aliphatic rings. The van der Waals surface area contributed by atoms with Gasteiger partial charge in [0.1, 0.15) is 19.4 Å². The number of hydrogen-bond donors (Lipinski definition) is 0. The third-order valence-corrected chi connectivity index (χ3v) is 10.9. The van der Waals surface area contributed by atoms with Crippen LogP contribution in [0.5, 0.6) is 0 Å². The van der Waals surface area contributed by atoms with Crippen molar-refractivity contribution in [2.24, 2.45) is 0 Å². The van der Waals surface area contributed by atoms with Crippen molar-refractivity contribution in [3.8, 4) is 11.5 Å². The molecule has 132 valence electrons. The summed E-state index contributed by atoms with van der Waals surface area (Å²) in [6.07, 6.45) is 3.25. The van der Waals surface area contributed by atoms with E-state index < -0.39 is 8.07 Å². The Morgan fingerprint density at radius 1 is 1.21 bits per heavy atom. The standard InChI is InChI=1S/C20H30O3Si/c1-8-22-20(21)18(14-19-10-9-12-23-19)11-13-24(15(2)3,16(4)5)17(6)7/h9-10,12,14-17H,8H2,1-7H3/b18-14+. The Hall–Kier alpha value is -1.73. The third kappa shape index (κ3) is 4.64. The minimum Gasteiger partial charge on any atom is -0.465 e. The van der Waals surface area contributed by atoms with Crippen molar-refractivity contribution in [1.29, 1.82) is 0 Å². The molecule has 0 aliphatic heterocycles. The lowest BCUT2D eigenvalue weighted by molar-refractivity contribution is -0.137. The molecule has 0 aromatic carbocycles. The Kier molecular flexibility index (Phi) is 7.56. The van der Waals surface area contributed by atoms with Crippen molar-refractivity contribution >= 4 is 20.1 Å². The Morgan fingerprint density at radius 2 is 1.79 bits per heavy atom. The SMILES string of the molecule is CCOC(=O)/C(C#C[Si](C(C)C)(C(C)C)C(C)C)=C/c1ccco1. The molecule has 0 bridgehead atoms. The van der Waals surface area contributed by atoms with Crippen LogP contribution in [-0.2, 0) is 9.53 Å². The summed E-state index contributed by atoms with van der Waals surface area (Å²) in [5.41, 5.74) is 5.46. The molecule has 1 aromatic heterocycles. The van der Waals surface area contributed by atoms with E-state index in [1.165, 1.54) is 0 Å². The summed E-state index contributed by atoms with van der Waals surface area (Å²) in [7, 11) is -1.90. The van der Waals surface area contributed by atoms with Crippen LogP contribution < -0.4 is 0 Å². The van der Waals surface area contributed by atoms with Gasteiger partial charge in [-0.05, 0) is 35.7 Å². The van der Waals surface area contributed by atoms with Gasteiger partial charge in [-0.25, -0.2) is 4.79 Å². The first-order valence-electron chi connectivity index (χ1n) is 8.71. The van der Waals surface area contributed by atoms with E-state index in [1.807, 2.05) is 0 Å². The van der Waals surface area contributed by atoms with Crippen molar-refractivity contribution in [2.45, 2.75) is 65.1 Å². The highest BCUT2D eigenvalue weighted by molar-refractivity contribution is 6.90. The number of furan rings is 1. The maximum Gasteiger partial charge on any atom is 0.346 e. The highest BCUT2D eigenvalue weighted by Gasteiger charge is 2.41. The maximum absolute atomic E-state index is 12.3. The molecule has 1 heterocycles. The van der Waals surface area contributed by atoms with E-state index in [1.54, 1.807) is 31.4 Å². The molecule has 0 aliphatic carbocycles. The number of carbonyl (C=O) groups is 1. The van der Waals surface area contributed by atoms with Crippen LogP contribution in [0.1, 0.15) is 54.2 Å². The zero-order chi connectivity index (χ0) is 18.3. The summed E-state index contributed by atoms with van der Waals surface area (Å²) in [4.78, 5) is 12.3. The summed E-state index contributed by atoms with van der Waals surface area (Å²) < 4.78 is 10.5. The molecule has 0 N–H and O–H groups in total. The largest absolute Gasteiger partial charge is 0.465 e. The van der Waals surface area contributed by atoms with Crippen molar-refractivity contribution in [3.63, 3.8) is 0 Å². The molecule has 1 rings (SSSR count). The molecule has 4 heteroatoms. The van der Waals surface area contributed by atoms with E-state index in [2.05, 4.69) is 53.0 Å². The van der Waals surface area contributed by atoms with Crippen molar-refractivity contribution < 1.29 is 13.9 Å². The lowest BCUT2D eigenvalue weighted by Crippen LogP contribution is -2.43. The molecule has 3 nitrogen and oxygen atoms in total. The van der Waals surface area contributed by atoms with E-state index >= 15 is 0 Å². The molecule has 1 aromatic rings. The normalized spacial score (nSPS) is 12.5. The highest BCUT2D eigenvalue weighted by atomic mass is 28.3. The zero-order valence-corrected chi connectivity index (χ0v) is 17.0. The second-order valence-electron chi connectivity index (χ2n) is 6.94. The second-order valence-corrected chi connectivity index (χ2v) is 12.5. The van der Waals surface area contributed by atoms with Crippen molar-refractivity contribution in [3.05, 3.63) is 29.7 Å². The van der Waals surface area contributed by atoms with Crippen LogP contribution >= 0.6 is 0 Å². The quantitative estimate of drug-likeness (QED) is 0.298. The Morgan fingerprint density at radius 3 is 2.21 bits per heavy atom. The molecule has 0 fully saturated rings. The Bertz CT molecular complexity index is 591. The summed E-state index contributed by atoms with van der Waals surface area (Å²) in [5, 5.41) is 0. The van der Waals surface area contributed by atoms with Crippen LogP contribution in [-0.4, -0.2) is 20.7 Å². The molecule has 0 amide bonds. The van der Waals surface area contributed by atoms with Gasteiger partial charge in [0.15, 0.2) is 0 Å². The fourth-order valence-corrected chi connectivity index (χ4v) is 8.70. The molecule has 24 heavy (non-hydrogen) atoms. The lowest BCUT2D eigenvalue weighted by Gasteiger charge is -2.38. The van der Waals surface area contributed by atoms with Crippen molar-refractivity contribution in [2.75, 3.05) is 6.61 Å². The smallest absolute Gasteiger partial charge is 0.346 e. The molecule has 0 saturated carbocycles. The van der Waals surface area contributed by atoms with Gasteiger partial charge in [-0.15, -0.1) is 5.54 Å². The first kappa shape index (κ1) is 20.3. The summed E-state index contributed by atoms with van der Waals surface area (Å²) >= 11 is 0. The fourth-order valence-electron chi connectivity index (χ4n) is 3.48. The number of rotatable bonds is 6. The van der Waals surface area contributed by atoms with Gasteiger partial charge in [0.2, 0.25) is 0 Å². The molecule has 0 radical (unpaired) electrons. The molecular weight excluding hydrogens is 316 g/mol. The first-order chi connectivity index (χ1) is 11.3.